The van der Waals surface area contributed by atoms with Crippen LogP contribution in [0, 0.1) is 11.3 Å². The highest BCUT2D eigenvalue weighted by atomic mass is 35.5. The Bertz CT molecular complexity index is 1260. The van der Waals surface area contributed by atoms with Crippen molar-refractivity contribution in [3.8, 4) is 5.75 Å². The fourth-order valence-electron chi connectivity index (χ4n) is 5.76. The van der Waals surface area contributed by atoms with Crippen molar-refractivity contribution >= 4 is 29.1 Å². The summed E-state index contributed by atoms with van der Waals surface area (Å²) in [5, 5.41) is 8.60. The van der Waals surface area contributed by atoms with Crippen molar-refractivity contribution < 1.29 is 9.53 Å². The second kappa shape index (κ2) is 13.0. The number of rotatable bonds is 11. The SMILES string of the molecule is C=CC[C@@]1(C)C[C@H](c2cccc(Cl)c2)[C@H](C(C)C[C@H](NCc2ccc(OC)cc2)c2ccc(Cl)cc2)NC1=O. The minimum Gasteiger partial charge on any atom is -0.497 e. The standard InChI is InChI=1S/C33H38Cl2N2O2/c1-5-17-33(3)20-29(25-7-6-8-27(35)19-25)31(37-32(33)38)22(2)18-30(24-11-13-26(34)14-12-24)36-21-23-9-15-28(39-4)16-10-23/h5-16,19,22,29-31,36H,1,17-18,20-21H2,2-4H3,(H,37,38)/t22?,29-,30+,31+,33+/m1/s1. The first kappa shape index (κ1) is 29.2. The van der Waals surface area contributed by atoms with E-state index in [1.807, 2.05) is 55.5 Å². The molecule has 2 N–H and O–H groups in total. The van der Waals surface area contributed by atoms with Gasteiger partial charge in [-0.15, -0.1) is 6.58 Å². The monoisotopic (exact) mass is 564 g/mol. The number of hydrogen-bond donors (Lipinski definition) is 2. The lowest BCUT2D eigenvalue weighted by molar-refractivity contribution is -0.135. The normalized spacial score (nSPS) is 22.5. The Morgan fingerprint density at radius 1 is 1.10 bits per heavy atom. The molecule has 1 aliphatic rings. The molecule has 1 heterocycles. The maximum absolute atomic E-state index is 13.4. The van der Waals surface area contributed by atoms with Crippen LogP contribution in [0.15, 0.2) is 85.5 Å². The molecule has 0 spiro atoms. The van der Waals surface area contributed by atoms with Crippen LogP contribution < -0.4 is 15.4 Å². The van der Waals surface area contributed by atoms with E-state index in [1.165, 1.54) is 5.56 Å². The molecule has 1 amide bonds. The fraction of sp³-hybridized carbons (Fsp3) is 0.364. The Morgan fingerprint density at radius 3 is 2.46 bits per heavy atom. The molecule has 0 saturated carbocycles. The molecule has 1 fully saturated rings. The minimum absolute atomic E-state index is 0.0357. The van der Waals surface area contributed by atoms with Gasteiger partial charge in [0, 0.05) is 34.6 Å². The van der Waals surface area contributed by atoms with E-state index in [2.05, 4.69) is 54.5 Å². The van der Waals surface area contributed by atoms with E-state index in [-0.39, 0.29) is 29.8 Å². The molecule has 5 atom stereocenters. The Labute approximate surface area is 242 Å². The number of carbonyl (C=O) groups excluding carboxylic acids is 1. The lowest BCUT2D eigenvalue weighted by Gasteiger charge is -2.45. The van der Waals surface area contributed by atoms with Gasteiger partial charge in [0.1, 0.15) is 5.75 Å². The van der Waals surface area contributed by atoms with E-state index in [1.54, 1.807) is 7.11 Å². The molecule has 0 aliphatic carbocycles. The van der Waals surface area contributed by atoms with E-state index >= 15 is 0 Å². The van der Waals surface area contributed by atoms with Gasteiger partial charge in [-0.1, -0.05) is 79.5 Å². The molecule has 1 unspecified atom stereocenters. The molecule has 39 heavy (non-hydrogen) atoms. The maximum atomic E-state index is 13.4. The molecule has 1 aliphatic heterocycles. The molecule has 0 aromatic heterocycles. The maximum Gasteiger partial charge on any atom is 0.226 e. The number of halogens is 2. The van der Waals surface area contributed by atoms with Crippen molar-refractivity contribution in [2.45, 2.75) is 57.7 Å². The number of ether oxygens (including phenoxy) is 1. The van der Waals surface area contributed by atoms with Crippen LogP contribution in [-0.2, 0) is 11.3 Å². The zero-order chi connectivity index (χ0) is 28.0. The molecule has 4 nitrogen and oxygen atoms in total. The molecule has 4 rings (SSSR count). The van der Waals surface area contributed by atoms with E-state index in [9.17, 15) is 4.79 Å². The number of carbonyl (C=O) groups is 1. The van der Waals surface area contributed by atoms with Gasteiger partial charge in [-0.25, -0.2) is 0 Å². The van der Waals surface area contributed by atoms with Crippen molar-refractivity contribution in [1.29, 1.82) is 0 Å². The fourth-order valence-corrected chi connectivity index (χ4v) is 6.09. The largest absolute Gasteiger partial charge is 0.497 e. The van der Waals surface area contributed by atoms with Gasteiger partial charge in [0.2, 0.25) is 5.91 Å². The second-order valence-electron chi connectivity index (χ2n) is 11.0. The number of allylic oxidation sites excluding steroid dienone is 1. The Kier molecular flexibility index (Phi) is 9.76. The van der Waals surface area contributed by atoms with Gasteiger partial charge in [-0.05, 0) is 78.3 Å². The van der Waals surface area contributed by atoms with Gasteiger partial charge >= 0.3 is 0 Å². The first-order valence-corrected chi connectivity index (χ1v) is 14.3. The summed E-state index contributed by atoms with van der Waals surface area (Å²) < 4.78 is 5.31. The first-order valence-electron chi connectivity index (χ1n) is 13.5. The number of amides is 1. The van der Waals surface area contributed by atoms with Crippen molar-refractivity contribution in [3.05, 3.63) is 112 Å². The van der Waals surface area contributed by atoms with Crippen molar-refractivity contribution in [2.24, 2.45) is 11.3 Å². The summed E-state index contributed by atoms with van der Waals surface area (Å²) in [5.74, 6) is 1.24. The number of methoxy groups -OCH3 is 1. The molecule has 3 aromatic rings. The summed E-state index contributed by atoms with van der Waals surface area (Å²) in [6.45, 7) is 8.88. The van der Waals surface area contributed by atoms with Crippen LogP contribution >= 0.6 is 23.2 Å². The smallest absolute Gasteiger partial charge is 0.226 e. The van der Waals surface area contributed by atoms with Gasteiger partial charge in [-0.2, -0.15) is 0 Å². The zero-order valence-corrected chi connectivity index (χ0v) is 24.4. The van der Waals surface area contributed by atoms with Crippen LogP contribution in [0.1, 0.15) is 61.8 Å². The van der Waals surface area contributed by atoms with Gasteiger partial charge in [0.25, 0.3) is 0 Å². The van der Waals surface area contributed by atoms with Crippen molar-refractivity contribution in [1.82, 2.24) is 10.6 Å². The third kappa shape index (κ3) is 7.25. The van der Waals surface area contributed by atoms with Gasteiger partial charge in [0.05, 0.1) is 12.5 Å². The second-order valence-corrected chi connectivity index (χ2v) is 11.8. The van der Waals surface area contributed by atoms with E-state index < -0.39 is 5.41 Å². The number of hydrogen-bond acceptors (Lipinski definition) is 3. The highest BCUT2D eigenvalue weighted by Crippen LogP contribution is 2.44. The van der Waals surface area contributed by atoms with E-state index in [0.717, 1.165) is 29.7 Å². The van der Waals surface area contributed by atoms with Crippen LogP contribution in [-0.4, -0.2) is 19.1 Å². The molecule has 0 bridgehead atoms. The molecule has 1 saturated heterocycles. The van der Waals surface area contributed by atoms with Crippen LogP contribution in [0.5, 0.6) is 5.75 Å². The topological polar surface area (TPSA) is 50.4 Å². The predicted octanol–water partition coefficient (Wildman–Crippen LogP) is 8.11. The molecule has 3 aromatic carbocycles. The number of piperidine rings is 1. The summed E-state index contributed by atoms with van der Waals surface area (Å²) >= 11 is 12.6. The quantitative estimate of drug-likeness (QED) is 0.231. The minimum atomic E-state index is -0.507. The lowest BCUT2D eigenvalue weighted by Crippen LogP contribution is -2.55. The summed E-state index contributed by atoms with van der Waals surface area (Å²) in [4.78, 5) is 13.4. The summed E-state index contributed by atoms with van der Waals surface area (Å²) in [5.41, 5.74) is 2.99. The predicted molar refractivity (Wildman–Crippen MR) is 161 cm³/mol. The molecule has 206 valence electrons. The average molecular weight is 566 g/mol. The van der Waals surface area contributed by atoms with Crippen molar-refractivity contribution in [2.75, 3.05) is 7.11 Å². The molecule has 6 heteroatoms. The first-order chi connectivity index (χ1) is 18.7. The van der Waals surface area contributed by atoms with Gasteiger partial charge in [-0.3, -0.25) is 4.79 Å². The number of benzene rings is 3. The molecular weight excluding hydrogens is 527 g/mol. The Morgan fingerprint density at radius 2 is 1.82 bits per heavy atom. The zero-order valence-electron chi connectivity index (χ0n) is 22.9. The molecular formula is C33H38Cl2N2O2. The molecule has 0 radical (unpaired) electrons. The average Bonchev–Trinajstić information content (AvgIpc) is 2.93. The van der Waals surface area contributed by atoms with Crippen LogP contribution in [0.2, 0.25) is 10.0 Å². The highest BCUT2D eigenvalue weighted by molar-refractivity contribution is 6.30. The lowest BCUT2D eigenvalue weighted by atomic mass is 9.67. The third-order valence-corrected chi connectivity index (χ3v) is 8.51. The van der Waals surface area contributed by atoms with Gasteiger partial charge < -0.3 is 15.4 Å². The Hall–Kier alpha value is -2.79. The van der Waals surface area contributed by atoms with Gasteiger partial charge in [0.15, 0.2) is 0 Å². The summed E-state index contributed by atoms with van der Waals surface area (Å²) in [7, 11) is 1.67. The summed E-state index contributed by atoms with van der Waals surface area (Å²) in [6, 6.07) is 24.2. The van der Waals surface area contributed by atoms with Crippen molar-refractivity contribution in [3.63, 3.8) is 0 Å². The van der Waals surface area contributed by atoms with E-state index in [0.29, 0.717) is 23.0 Å². The summed E-state index contributed by atoms with van der Waals surface area (Å²) in [6.07, 6.45) is 4.05. The highest BCUT2D eigenvalue weighted by Gasteiger charge is 2.45. The Balaban J connectivity index is 1.59. The van der Waals surface area contributed by atoms with Crippen LogP contribution in [0.25, 0.3) is 0 Å². The van der Waals surface area contributed by atoms with Crippen LogP contribution in [0.4, 0.5) is 0 Å². The van der Waals surface area contributed by atoms with Crippen LogP contribution in [0.3, 0.4) is 0 Å². The third-order valence-electron chi connectivity index (χ3n) is 8.03. The number of nitrogens with one attached hydrogen (secondary N) is 2. The van der Waals surface area contributed by atoms with E-state index in [4.69, 9.17) is 27.9 Å².